The average Bonchev–Trinajstić information content (AvgIpc) is 2.72. The van der Waals surface area contributed by atoms with Crippen LogP contribution in [0.5, 0.6) is 0 Å². The van der Waals surface area contributed by atoms with Gasteiger partial charge in [0.25, 0.3) is 0 Å². The standard InChI is InChI=1S/C20H19ClF3N3S2/c1-28-19(25)27-10-11-29-17(12-27)18(15-4-2-3-5-16(15)21)26-14-8-6-13(7-9-14)20(22,23)24/h2-9,17,25H,10-12H2,1H3. The van der Waals surface area contributed by atoms with E-state index in [-0.39, 0.29) is 5.25 Å². The molecule has 29 heavy (non-hydrogen) atoms. The minimum Gasteiger partial charge on any atom is -0.349 e. The highest BCUT2D eigenvalue weighted by Gasteiger charge is 2.30. The molecule has 0 aliphatic carbocycles. The summed E-state index contributed by atoms with van der Waals surface area (Å²) >= 11 is 9.51. The van der Waals surface area contributed by atoms with Gasteiger partial charge in [-0.05, 0) is 36.6 Å². The van der Waals surface area contributed by atoms with Gasteiger partial charge in [-0.25, -0.2) is 0 Å². The Morgan fingerprint density at radius 3 is 2.52 bits per heavy atom. The quantitative estimate of drug-likeness (QED) is 0.441. The molecule has 2 aromatic carbocycles. The third-order valence-electron chi connectivity index (χ3n) is 4.45. The third kappa shape index (κ3) is 5.49. The fraction of sp³-hybridized carbons (Fsp3) is 0.300. The van der Waals surface area contributed by atoms with E-state index in [4.69, 9.17) is 22.0 Å². The van der Waals surface area contributed by atoms with Gasteiger partial charge in [0.2, 0.25) is 0 Å². The summed E-state index contributed by atoms with van der Waals surface area (Å²) in [4.78, 5) is 6.69. The van der Waals surface area contributed by atoms with Gasteiger partial charge in [-0.15, -0.1) is 11.8 Å². The van der Waals surface area contributed by atoms with E-state index in [1.807, 2.05) is 29.4 Å². The van der Waals surface area contributed by atoms with E-state index in [2.05, 4.69) is 0 Å². The molecule has 1 atom stereocenters. The van der Waals surface area contributed by atoms with Crippen LogP contribution in [0, 0.1) is 5.41 Å². The Morgan fingerprint density at radius 1 is 1.21 bits per heavy atom. The van der Waals surface area contributed by atoms with E-state index in [9.17, 15) is 13.2 Å². The molecule has 1 saturated heterocycles. The van der Waals surface area contributed by atoms with E-state index in [1.54, 1.807) is 17.8 Å². The van der Waals surface area contributed by atoms with Gasteiger partial charge >= 0.3 is 6.18 Å². The molecule has 1 unspecified atom stereocenters. The van der Waals surface area contributed by atoms with Crippen molar-refractivity contribution in [1.82, 2.24) is 4.90 Å². The van der Waals surface area contributed by atoms with Crippen LogP contribution < -0.4 is 0 Å². The van der Waals surface area contributed by atoms with Crippen molar-refractivity contribution in [3.63, 3.8) is 0 Å². The van der Waals surface area contributed by atoms with Gasteiger partial charge in [-0.1, -0.05) is 41.6 Å². The molecule has 0 radical (unpaired) electrons. The highest BCUT2D eigenvalue weighted by Crippen LogP contribution is 2.32. The molecule has 2 aromatic rings. The smallest absolute Gasteiger partial charge is 0.349 e. The molecule has 0 bridgehead atoms. The molecule has 0 saturated carbocycles. The zero-order chi connectivity index (χ0) is 21.0. The van der Waals surface area contributed by atoms with Gasteiger partial charge < -0.3 is 4.90 Å². The van der Waals surface area contributed by atoms with Crippen molar-refractivity contribution in [2.24, 2.45) is 4.99 Å². The van der Waals surface area contributed by atoms with Gasteiger partial charge in [0.05, 0.1) is 22.2 Å². The first kappa shape index (κ1) is 22.1. The number of amidine groups is 1. The third-order valence-corrected chi connectivity index (χ3v) is 6.61. The lowest BCUT2D eigenvalue weighted by molar-refractivity contribution is -0.137. The summed E-state index contributed by atoms with van der Waals surface area (Å²) < 4.78 is 38.6. The minimum atomic E-state index is -4.38. The maximum Gasteiger partial charge on any atom is 0.416 e. The van der Waals surface area contributed by atoms with Crippen LogP contribution in [0.4, 0.5) is 18.9 Å². The van der Waals surface area contributed by atoms with E-state index >= 15 is 0 Å². The number of benzene rings is 2. The molecule has 1 fully saturated rings. The maximum absolute atomic E-state index is 12.9. The average molecular weight is 458 g/mol. The normalized spacial score (nSPS) is 18.0. The first-order valence-corrected chi connectivity index (χ1v) is 11.4. The number of aliphatic imine (C=N–C) groups is 1. The van der Waals surface area contributed by atoms with Gasteiger partial charge in [0.15, 0.2) is 5.17 Å². The van der Waals surface area contributed by atoms with Crippen molar-refractivity contribution >= 4 is 51.7 Å². The number of nitrogens with zero attached hydrogens (tertiary/aromatic N) is 2. The number of hydrogen-bond donors (Lipinski definition) is 1. The van der Waals surface area contributed by atoms with E-state index in [0.717, 1.165) is 30.0 Å². The number of rotatable bonds is 3. The van der Waals surface area contributed by atoms with Crippen molar-refractivity contribution in [1.29, 1.82) is 5.41 Å². The lowest BCUT2D eigenvalue weighted by atomic mass is 10.1. The second kappa shape index (κ2) is 9.45. The molecule has 9 heteroatoms. The SMILES string of the molecule is CSC(=N)N1CCSC(C(=Nc2ccc(C(F)(F)F)cc2)c2ccccc2Cl)C1. The molecule has 1 aliphatic heterocycles. The van der Waals surface area contributed by atoms with Crippen LogP contribution in [-0.2, 0) is 6.18 Å². The zero-order valence-electron chi connectivity index (χ0n) is 15.5. The van der Waals surface area contributed by atoms with Crippen LogP contribution in [0.2, 0.25) is 5.02 Å². The summed E-state index contributed by atoms with van der Waals surface area (Å²) in [5.74, 6) is 0.824. The lowest BCUT2D eigenvalue weighted by Crippen LogP contribution is -2.43. The Bertz CT molecular complexity index is 901. The number of hydrogen-bond acceptors (Lipinski definition) is 4. The molecule has 154 valence electrons. The topological polar surface area (TPSA) is 39.5 Å². The molecule has 1 heterocycles. The Labute approximate surface area is 181 Å². The van der Waals surface area contributed by atoms with Crippen molar-refractivity contribution in [3.05, 3.63) is 64.7 Å². The number of alkyl halides is 3. The fourth-order valence-electron chi connectivity index (χ4n) is 2.97. The van der Waals surface area contributed by atoms with Crippen LogP contribution in [0.15, 0.2) is 53.5 Å². The minimum absolute atomic E-state index is 0.0570. The van der Waals surface area contributed by atoms with Gasteiger partial charge in [-0.3, -0.25) is 10.4 Å². The molecular weight excluding hydrogens is 439 g/mol. The Kier molecular flexibility index (Phi) is 7.19. The van der Waals surface area contributed by atoms with Gasteiger partial charge in [0.1, 0.15) is 0 Å². The summed E-state index contributed by atoms with van der Waals surface area (Å²) in [5.41, 5.74) is 1.19. The molecular formula is C20H19ClF3N3S2. The zero-order valence-corrected chi connectivity index (χ0v) is 17.9. The molecule has 1 aliphatic rings. The van der Waals surface area contributed by atoms with Crippen LogP contribution in [0.3, 0.4) is 0 Å². The molecule has 3 rings (SSSR count). The predicted molar refractivity (Wildman–Crippen MR) is 118 cm³/mol. The summed E-state index contributed by atoms with van der Waals surface area (Å²) in [6, 6.07) is 12.1. The second-order valence-corrected chi connectivity index (χ2v) is 8.85. The van der Waals surface area contributed by atoms with Crippen molar-refractivity contribution < 1.29 is 13.2 Å². The van der Waals surface area contributed by atoms with E-state index in [1.165, 1.54) is 23.9 Å². The summed E-state index contributed by atoms with van der Waals surface area (Å²) in [7, 11) is 0. The number of thioether (sulfide) groups is 2. The monoisotopic (exact) mass is 457 g/mol. The Balaban J connectivity index is 1.99. The maximum atomic E-state index is 12.9. The summed E-state index contributed by atoms with van der Waals surface area (Å²) in [5, 5.41) is 9.09. The largest absolute Gasteiger partial charge is 0.416 e. The van der Waals surface area contributed by atoms with E-state index < -0.39 is 11.7 Å². The first-order chi connectivity index (χ1) is 13.8. The van der Waals surface area contributed by atoms with Crippen LogP contribution in [0.1, 0.15) is 11.1 Å². The second-order valence-electron chi connectivity index (χ2n) is 6.34. The number of nitrogens with one attached hydrogen (secondary N) is 1. The van der Waals surface area contributed by atoms with Gasteiger partial charge in [0, 0.05) is 29.4 Å². The molecule has 1 N–H and O–H groups in total. The van der Waals surface area contributed by atoms with E-state index in [0.29, 0.717) is 28.1 Å². The predicted octanol–water partition coefficient (Wildman–Crippen LogP) is 6.19. The summed E-state index contributed by atoms with van der Waals surface area (Å²) in [6.45, 7) is 1.37. The number of halogens is 4. The van der Waals surface area contributed by atoms with Crippen molar-refractivity contribution in [2.75, 3.05) is 25.1 Å². The molecule has 0 spiro atoms. The van der Waals surface area contributed by atoms with Crippen molar-refractivity contribution in [2.45, 2.75) is 11.4 Å². The first-order valence-electron chi connectivity index (χ1n) is 8.79. The van der Waals surface area contributed by atoms with Gasteiger partial charge in [-0.2, -0.15) is 13.2 Å². The highest BCUT2D eigenvalue weighted by atomic mass is 35.5. The fourth-order valence-corrected chi connectivity index (χ4v) is 4.86. The van der Waals surface area contributed by atoms with Crippen LogP contribution in [-0.4, -0.2) is 46.1 Å². The van der Waals surface area contributed by atoms with Crippen LogP contribution in [0.25, 0.3) is 0 Å². The molecule has 0 amide bonds. The summed E-state index contributed by atoms with van der Waals surface area (Å²) in [6.07, 6.45) is -2.52. The van der Waals surface area contributed by atoms with Crippen LogP contribution >= 0.6 is 35.1 Å². The lowest BCUT2D eigenvalue weighted by Gasteiger charge is -2.34. The molecule has 3 nitrogen and oxygen atoms in total. The Morgan fingerprint density at radius 2 is 1.90 bits per heavy atom. The van der Waals surface area contributed by atoms with Crippen molar-refractivity contribution in [3.8, 4) is 0 Å². The highest BCUT2D eigenvalue weighted by molar-refractivity contribution is 8.13. The Hall–Kier alpha value is -1.64. The molecule has 0 aromatic heterocycles.